The van der Waals surface area contributed by atoms with Crippen LogP contribution in [0.25, 0.3) is 0 Å². The van der Waals surface area contributed by atoms with Crippen LogP contribution in [0.15, 0.2) is 36.4 Å². The van der Waals surface area contributed by atoms with Crippen LogP contribution in [0.4, 0.5) is 5.69 Å². The molecule has 0 aromatic heterocycles. The number of ether oxygens (including phenoxy) is 3. The second kappa shape index (κ2) is 9.51. The van der Waals surface area contributed by atoms with Gasteiger partial charge in [-0.05, 0) is 36.8 Å². The molecule has 8 nitrogen and oxygen atoms in total. The van der Waals surface area contributed by atoms with E-state index in [1.807, 2.05) is 6.92 Å². The molecule has 1 aliphatic rings. The van der Waals surface area contributed by atoms with Crippen molar-refractivity contribution in [1.82, 2.24) is 4.90 Å². The number of fused-ring (bicyclic) bond motifs is 1. The average Bonchev–Trinajstić information content (AvgIpc) is 3.09. The number of nitrogens with zero attached hydrogens (tertiary/aromatic N) is 1. The minimum atomic E-state index is -0.581. The van der Waals surface area contributed by atoms with Crippen LogP contribution in [-0.2, 0) is 20.9 Å². The molecule has 1 unspecified atom stereocenters. The van der Waals surface area contributed by atoms with E-state index in [2.05, 4.69) is 5.32 Å². The topological polar surface area (TPSA) is 94.2 Å². The van der Waals surface area contributed by atoms with Crippen LogP contribution < -0.4 is 14.8 Å². The number of hydrogen-bond donors (Lipinski definition) is 1. The second-order valence-electron chi connectivity index (χ2n) is 7.09. The highest BCUT2D eigenvalue weighted by molar-refractivity contribution is 6.02. The van der Waals surface area contributed by atoms with Crippen LogP contribution in [-0.4, -0.2) is 43.5 Å². The molecule has 31 heavy (non-hydrogen) atoms. The number of carbonyl (C=O) groups is 3. The van der Waals surface area contributed by atoms with Crippen molar-refractivity contribution in [2.45, 2.75) is 32.9 Å². The summed E-state index contributed by atoms with van der Waals surface area (Å²) in [7, 11) is 2.86. The first-order valence-electron chi connectivity index (χ1n) is 9.97. The molecule has 0 aliphatic carbocycles. The van der Waals surface area contributed by atoms with E-state index in [-0.39, 0.29) is 24.8 Å². The summed E-state index contributed by atoms with van der Waals surface area (Å²) in [6.45, 7) is 3.97. The minimum Gasteiger partial charge on any atom is -0.493 e. The first kappa shape index (κ1) is 22.1. The lowest BCUT2D eigenvalue weighted by Crippen LogP contribution is -2.31. The maximum atomic E-state index is 13.3. The van der Waals surface area contributed by atoms with E-state index >= 15 is 0 Å². The fraction of sp³-hybridized carbons (Fsp3) is 0.348. The molecule has 1 N–H and O–H groups in total. The third-order valence-electron chi connectivity index (χ3n) is 5.14. The maximum absolute atomic E-state index is 13.3. The number of rotatable bonds is 8. The van der Waals surface area contributed by atoms with Crippen LogP contribution in [0.5, 0.6) is 11.5 Å². The predicted octanol–water partition coefficient (Wildman–Crippen LogP) is 3.31. The molecular formula is C23H26N2O6. The van der Waals surface area contributed by atoms with Gasteiger partial charge in [0.15, 0.2) is 11.5 Å². The summed E-state index contributed by atoms with van der Waals surface area (Å²) in [5.41, 5.74) is 2.52. The molecule has 2 amide bonds. The van der Waals surface area contributed by atoms with Crippen LogP contribution >= 0.6 is 0 Å². The van der Waals surface area contributed by atoms with E-state index < -0.39 is 12.0 Å². The molecule has 1 heterocycles. The third kappa shape index (κ3) is 4.63. The molecule has 0 radical (unpaired) electrons. The molecule has 0 bridgehead atoms. The Balaban J connectivity index is 2.02. The second-order valence-corrected chi connectivity index (χ2v) is 7.09. The number of carbonyl (C=O) groups excluding carboxylic acids is 3. The van der Waals surface area contributed by atoms with E-state index in [1.54, 1.807) is 48.4 Å². The predicted molar refractivity (Wildman–Crippen MR) is 114 cm³/mol. The van der Waals surface area contributed by atoms with Crippen molar-refractivity contribution >= 4 is 23.5 Å². The zero-order valence-electron chi connectivity index (χ0n) is 18.1. The van der Waals surface area contributed by atoms with Crippen molar-refractivity contribution in [2.24, 2.45) is 0 Å². The number of benzene rings is 2. The largest absolute Gasteiger partial charge is 0.493 e. The van der Waals surface area contributed by atoms with Gasteiger partial charge in [0.05, 0.1) is 33.3 Å². The molecule has 2 aromatic carbocycles. The highest BCUT2D eigenvalue weighted by Gasteiger charge is 2.36. The first-order valence-corrected chi connectivity index (χ1v) is 9.97. The molecule has 0 saturated carbocycles. The minimum absolute atomic E-state index is 0.0242. The lowest BCUT2D eigenvalue weighted by Gasteiger charge is -2.28. The maximum Gasteiger partial charge on any atom is 0.307 e. The molecule has 2 aromatic rings. The molecule has 1 atom stereocenters. The van der Waals surface area contributed by atoms with Crippen LogP contribution in [0.3, 0.4) is 0 Å². The van der Waals surface area contributed by atoms with Crippen LogP contribution in [0, 0.1) is 0 Å². The Kier molecular flexibility index (Phi) is 6.79. The average molecular weight is 426 g/mol. The summed E-state index contributed by atoms with van der Waals surface area (Å²) in [6, 6.07) is 9.95. The Labute approximate surface area is 181 Å². The summed E-state index contributed by atoms with van der Waals surface area (Å²) in [5.74, 6) is 0.211. The highest BCUT2D eigenvalue weighted by atomic mass is 16.5. The first-order chi connectivity index (χ1) is 14.9. The van der Waals surface area contributed by atoms with Gasteiger partial charge < -0.3 is 24.4 Å². The van der Waals surface area contributed by atoms with Gasteiger partial charge in [0.2, 0.25) is 5.91 Å². The summed E-state index contributed by atoms with van der Waals surface area (Å²) in [4.78, 5) is 38.7. The summed E-state index contributed by atoms with van der Waals surface area (Å²) in [5, 5.41) is 2.77. The molecule has 3 rings (SSSR count). The lowest BCUT2D eigenvalue weighted by molar-refractivity contribution is -0.141. The van der Waals surface area contributed by atoms with Crippen molar-refractivity contribution in [3.8, 4) is 11.5 Å². The van der Waals surface area contributed by atoms with Crippen LogP contribution in [0.1, 0.15) is 47.8 Å². The summed E-state index contributed by atoms with van der Waals surface area (Å²) < 4.78 is 15.9. The number of esters is 1. The smallest absolute Gasteiger partial charge is 0.307 e. The van der Waals surface area contributed by atoms with Gasteiger partial charge in [0.25, 0.3) is 5.91 Å². The number of nitrogens with one attached hydrogen (secondary N) is 1. The van der Waals surface area contributed by atoms with E-state index in [0.717, 1.165) is 11.1 Å². The van der Waals surface area contributed by atoms with Crippen molar-refractivity contribution in [3.63, 3.8) is 0 Å². The van der Waals surface area contributed by atoms with Gasteiger partial charge in [0, 0.05) is 30.3 Å². The fourth-order valence-electron chi connectivity index (χ4n) is 3.73. The van der Waals surface area contributed by atoms with Gasteiger partial charge in [-0.1, -0.05) is 12.1 Å². The number of amides is 2. The molecule has 8 heteroatoms. The van der Waals surface area contributed by atoms with Gasteiger partial charge >= 0.3 is 5.97 Å². The Morgan fingerprint density at radius 3 is 2.58 bits per heavy atom. The zero-order valence-corrected chi connectivity index (χ0v) is 18.1. The van der Waals surface area contributed by atoms with Gasteiger partial charge in [-0.25, -0.2) is 0 Å². The van der Waals surface area contributed by atoms with E-state index in [9.17, 15) is 14.4 Å². The van der Waals surface area contributed by atoms with Crippen molar-refractivity contribution < 1.29 is 28.6 Å². The van der Waals surface area contributed by atoms with Crippen molar-refractivity contribution in [1.29, 1.82) is 0 Å². The van der Waals surface area contributed by atoms with Gasteiger partial charge in [-0.15, -0.1) is 0 Å². The standard InChI is InChI=1S/C23H26N2O6/c1-5-31-21-11-15(9-10-20(21)29-3)19(12-22(27)30-4)25-13-17-16(23(25)28)7-6-8-18(17)24-14(2)26/h6-11,19H,5,12-13H2,1-4H3,(H,24,26). The zero-order chi connectivity index (χ0) is 22.5. The fourth-order valence-corrected chi connectivity index (χ4v) is 3.73. The monoisotopic (exact) mass is 426 g/mol. The Morgan fingerprint density at radius 1 is 1.16 bits per heavy atom. The van der Waals surface area contributed by atoms with E-state index in [4.69, 9.17) is 14.2 Å². The Hall–Kier alpha value is -3.55. The molecule has 164 valence electrons. The summed E-state index contributed by atoms with van der Waals surface area (Å²) in [6.07, 6.45) is -0.0242. The molecule has 0 spiro atoms. The number of hydrogen-bond acceptors (Lipinski definition) is 6. The quantitative estimate of drug-likeness (QED) is 0.651. The number of methoxy groups -OCH3 is 2. The third-order valence-corrected chi connectivity index (χ3v) is 5.14. The molecule has 1 aliphatic heterocycles. The Morgan fingerprint density at radius 2 is 1.94 bits per heavy atom. The Bertz CT molecular complexity index is 1000. The van der Waals surface area contributed by atoms with E-state index in [0.29, 0.717) is 29.4 Å². The van der Waals surface area contributed by atoms with Crippen molar-refractivity contribution in [2.75, 3.05) is 26.1 Å². The van der Waals surface area contributed by atoms with Crippen molar-refractivity contribution in [3.05, 3.63) is 53.1 Å². The highest BCUT2D eigenvalue weighted by Crippen LogP contribution is 2.39. The molecular weight excluding hydrogens is 400 g/mol. The van der Waals surface area contributed by atoms with Gasteiger partial charge in [0.1, 0.15) is 0 Å². The number of anilines is 1. The molecule has 0 fully saturated rings. The van der Waals surface area contributed by atoms with Gasteiger partial charge in [-0.3, -0.25) is 14.4 Å². The summed E-state index contributed by atoms with van der Waals surface area (Å²) >= 11 is 0. The van der Waals surface area contributed by atoms with E-state index in [1.165, 1.54) is 14.0 Å². The normalized spacial score (nSPS) is 13.4. The van der Waals surface area contributed by atoms with Gasteiger partial charge in [-0.2, -0.15) is 0 Å². The van der Waals surface area contributed by atoms with Crippen LogP contribution in [0.2, 0.25) is 0 Å². The SMILES string of the molecule is CCOc1cc(C(CC(=O)OC)N2Cc3c(NC(C)=O)cccc3C2=O)ccc1OC. The lowest BCUT2D eigenvalue weighted by atomic mass is 10.0. The molecule has 0 saturated heterocycles.